The summed E-state index contributed by atoms with van der Waals surface area (Å²) in [6.45, 7) is 3.76. The second-order valence-electron chi connectivity index (χ2n) is 4.62. The third-order valence-corrected chi connectivity index (χ3v) is 2.88. The molecule has 1 rings (SSSR count). The molecule has 0 aromatic heterocycles. The van der Waals surface area contributed by atoms with E-state index < -0.39 is 11.2 Å². The topological polar surface area (TPSA) is 52.3 Å². The van der Waals surface area contributed by atoms with Crippen molar-refractivity contribution in [2.75, 3.05) is 13.7 Å². The molecular formula is C13H18FNO2. The number of carbonyl (C=O) groups is 1. The molecule has 0 radical (unpaired) electrons. The molecule has 0 saturated heterocycles. The molecule has 0 aliphatic heterocycles. The predicted molar refractivity (Wildman–Crippen MR) is 64.5 cm³/mol. The first-order chi connectivity index (χ1) is 7.92. The van der Waals surface area contributed by atoms with Gasteiger partial charge in [0.2, 0.25) is 0 Å². The summed E-state index contributed by atoms with van der Waals surface area (Å²) >= 11 is 0. The van der Waals surface area contributed by atoms with E-state index in [0.717, 1.165) is 0 Å². The molecule has 17 heavy (non-hydrogen) atoms. The van der Waals surface area contributed by atoms with E-state index in [1.54, 1.807) is 26.0 Å². The minimum absolute atomic E-state index is 0.0350. The van der Waals surface area contributed by atoms with Gasteiger partial charge in [0.05, 0.1) is 7.11 Å². The van der Waals surface area contributed by atoms with Gasteiger partial charge in [0, 0.05) is 18.4 Å². The molecule has 0 atom stereocenters. The second-order valence-corrected chi connectivity index (χ2v) is 4.62. The summed E-state index contributed by atoms with van der Waals surface area (Å²) in [6, 6.07) is 4.78. The number of benzene rings is 1. The molecule has 0 spiro atoms. The minimum atomic E-state index is -0.629. The van der Waals surface area contributed by atoms with Crippen molar-refractivity contribution in [1.29, 1.82) is 0 Å². The first-order valence-electron chi connectivity index (χ1n) is 5.47. The summed E-state index contributed by atoms with van der Waals surface area (Å²) in [4.78, 5) is 11.9. The molecule has 1 aromatic carbocycles. The van der Waals surface area contributed by atoms with Crippen molar-refractivity contribution < 1.29 is 13.9 Å². The van der Waals surface area contributed by atoms with Crippen LogP contribution in [0, 0.1) is 11.2 Å². The number of ether oxygens (including phenoxy) is 1. The van der Waals surface area contributed by atoms with Crippen LogP contribution in [0.1, 0.15) is 19.4 Å². The fraction of sp³-hybridized carbons (Fsp3) is 0.462. The highest BCUT2D eigenvalue weighted by atomic mass is 19.1. The predicted octanol–water partition coefficient (Wildman–Crippen LogP) is 1.93. The van der Waals surface area contributed by atoms with Crippen LogP contribution in [-0.2, 0) is 11.2 Å². The van der Waals surface area contributed by atoms with E-state index in [9.17, 15) is 9.18 Å². The van der Waals surface area contributed by atoms with Crippen LogP contribution in [0.5, 0.6) is 5.75 Å². The summed E-state index contributed by atoms with van der Waals surface area (Å²) in [5.41, 5.74) is 5.23. The fourth-order valence-corrected chi connectivity index (χ4v) is 1.38. The van der Waals surface area contributed by atoms with Crippen molar-refractivity contribution in [3.8, 4) is 5.75 Å². The highest BCUT2D eigenvalue weighted by Crippen LogP contribution is 2.23. The minimum Gasteiger partial charge on any atom is -0.494 e. The maximum atomic E-state index is 13.8. The molecule has 3 nitrogen and oxygen atoms in total. The first kappa shape index (κ1) is 13.6. The number of hydrogen-bond acceptors (Lipinski definition) is 3. The van der Waals surface area contributed by atoms with Crippen LogP contribution < -0.4 is 10.5 Å². The van der Waals surface area contributed by atoms with E-state index in [1.807, 2.05) is 0 Å². The number of nitrogens with two attached hydrogens (primary N) is 1. The molecule has 94 valence electrons. The zero-order valence-corrected chi connectivity index (χ0v) is 10.4. The Hall–Kier alpha value is -1.42. The molecule has 0 aliphatic carbocycles. The Balaban J connectivity index is 2.93. The Morgan fingerprint density at radius 1 is 1.47 bits per heavy atom. The van der Waals surface area contributed by atoms with Crippen LogP contribution in [-0.4, -0.2) is 19.4 Å². The van der Waals surface area contributed by atoms with Crippen molar-refractivity contribution >= 4 is 5.78 Å². The molecule has 0 unspecified atom stereocenters. The lowest BCUT2D eigenvalue weighted by Gasteiger charge is -2.20. The van der Waals surface area contributed by atoms with Gasteiger partial charge in [-0.2, -0.15) is 0 Å². The standard InChI is InChI=1S/C13H18FNO2/c1-13(2,8-15)11(16)7-9-5-4-6-10(17-3)12(9)14/h4-6H,7-8,15H2,1-3H3. The normalized spacial score (nSPS) is 11.4. The monoisotopic (exact) mass is 239 g/mol. The summed E-state index contributed by atoms with van der Waals surface area (Å²) in [6.07, 6.45) is 0.0350. The molecule has 1 aromatic rings. The number of halogens is 1. The smallest absolute Gasteiger partial charge is 0.168 e. The van der Waals surface area contributed by atoms with Gasteiger partial charge in [-0.15, -0.1) is 0 Å². The number of Topliss-reactive ketones (excluding diaryl/α,β-unsaturated/α-hetero) is 1. The highest BCUT2D eigenvalue weighted by molar-refractivity contribution is 5.86. The Kier molecular flexibility index (Phi) is 4.23. The lowest BCUT2D eigenvalue weighted by molar-refractivity contribution is -0.126. The molecule has 0 heterocycles. The van der Waals surface area contributed by atoms with Gasteiger partial charge < -0.3 is 10.5 Å². The number of hydrogen-bond donors (Lipinski definition) is 1. The first-order valence-corrected chi connectivity index (χ1v) is 5.47. The van der Waals surface area contributed by atoms with Crippen molar-refractivity contribution in [2.45, 2.75) is 20.3 Å². The lowest BCUT2D eigenvalue weighted by Crippen LogP contribution is -2.34. The highest BCUT2D eigenvalue weighted by Gasteiger charge is 2.26. The van der Waals surface area contributed by atoms with E-state index in [1.165, 1.54) is 13.2 Å². The van der Waals surface area contributed by atoms with Crippen LogP contribution in [0.4, 0.5) is 4.39 Å². The van der Waals surface area contributed by atoms with E-state index >= 15 is 0 Å². The number of methoxy groups -OCH3 is 1. The van der Waals surface area contributed by atoms with Gasteiger partial charge in [-0.25, -0.2) is 4.39 Å². The fourth-order valence-electron chi connectivity index (χ4n) is 1.38. The van der Waals surface area contributed by atoms with Crippen molar-refractivity contribution in [3.05, 3.63) is 29.6 Å². The van der Waals surface area contributed by atoms with Crippen molar-refractivity contribution in [3.63, 3.8) is 0 Å². The summed E-state index contributed by atoms with van der Waals surface area (Å²) in [5, 5.41) is 0. The van der Waals surface area contributed by atoms with Crippen LogP contribution in [0.25, 0.3) is 0 Å². The molecule has 4 heteroatoms. The van der Waals surface area contributed by atoms with Gasteiger partial charge in [-0.1, -0.05) is 26.0 Å². The number of ketones is 1. The lowest BCUT2D eigenvalue weighted by atomic mass is 9.85. The van der Waals surface area contributed by atoms with Gasteiger partial charge in [0.25, 0.3) is 0 Å². The van der Waals surface area contributed by atoms with E-state index in [0.29, 0.717) is 5.56 Å². The molecule has 0 amide bonds. The molecule has 0 saturated carbocycles. The summed E-state index contributed by atoms with van der Waals surface area (Å²) in [7, 11) is 1.40. The summed E-state index contributed by atoms with van der Waals surface area (Å²) in [5.74, 6) is -0.399. The van der Waals surface area contributed by atoms with Gasteiger partial charge in [0.1, 0.15) is 5.78 Å². The number of rotatable bonds is 5. The maximum Gasteiger partial charge on any atom is 0.168 e. The molecule has 0 bridgehead atoms. The SMILES string of the molecule is COc1cccc(CC(=O)C(C)(C)CN)c1F. The van der Waals surface area contributed by atoms with Gasteiger partial charge in [0.15, 0.2) is 11.6 Å². The van der Waals surface area contributed by atoms with Gasteiger partial charge >= 0.3 is 0 Å². The quantitative estimate of drug-likeness (QED) is 0.854. The zero-order chi connectivity index (χ0) is 13.1. The van der Waals surface area contributed by atoms with E-state index in [4.69, 9.17) is 10.5 Å². The molecule has 0 aliphatic rings. The van der Waals surface area contributed by atoms with Crippen molar-refractivity contribution in [1.82, 2.24) is 0 Å². The summed E-state index contributed by atoms with van der Waals surface area (Å²) < 4.78 is 18.7. The van der Waals surface area contributed by atoms with E-state index in [2.05, 4.69) is 0 Å². The van der Waals surface area contributed by atoms with Crippen LogP contribution >= 0.6 is 0 Å². The molecular weight excluding hydrogens is 221 g/mol. The Morgan fingerprint density at radius 3 is 2.65 bits per heavy atom. The Morgan fingerprint density at radius 2 is 2.12 bits per heavy atom. The van der Waals surface area contributed by atoms with Crippen LogP contribution in [0.15, 0.2) is 18.2 Å². The maximum absolute atomic E-state index is 13.8. The Labute approximate surface area is 101 Å². The number of carbonyl (C=O) groups excluding carboxylic acids is 1. The average molecular weight is 239 g/mol. The molecule has 2 N–H and O–H groups in total. The average Bonchev–Trinajstić information content (AvgIpc) is 2.31. The van der Waals surface area contributed by atoms with E-state index in [-0.39, 0.29) is 24.5 Å². The third-order valence-electron chi connectivity index (χ3n) is 2.88. The van der Waals surface area contributed by atoms with Crippen molar-refractivity contribution in [2.24, 2.45) is 11.1 Å². The molecule has 0 fully saturated rings. The second kappa shape index (κ2) is 5.27. The van der Waals surface area contributed by atoms with Gasteiger partial charge in [-0.3, -0.25) is 4.79 Å². The zero-order valence-electron chi connectivity index (χ0n) is 10.4. The largest absolute Gasteiger partial charge is 0.494 e. The van der Waals surface area contributed by atoms with Crippen LogP contribution in [0.3, 0.4) is 0 Å². The van der Waals surface area contributed by atoms with Gasteiger partial charge in [-0.05, 0) is 11.6 Å². The third kappa shape index (κ3) is 3.03. The van der Waals surface area contributed by atoms with Crippen LogP contribution in [0.2, 0.25) is 0 Å². The Bertz CT molecular complexity index is 416.